The minimum absolute atomic E-state index is 0.575. The summed E-state index contributed by atoms with van der Waals surface area (Å²) in [6, 6.07) is 7.34. The smallest absolute Gasteiger partial charge is 0.213 e. The number of aliphatic imine (C=N–C) groups is 1. The van der Waals surface area contributed by atoms with E-state index in [9.17, 15) is 0 Å². The number of hydrogen-bond donors (Lipinski definition) is 1. The zero-order chi connectivity index (χ0) is 14.1. The van der Waals surface area contributed by atoms with E-state index in [2.05, 4.69) is 14.7 Å². The molecule has 1 N–H and O–H groups in total. The molecule has 102 valence electrons. The van der Waals surface area contributed by atoms with Gasteiger partial charge in [0, 0.05) is 30.2 Å². The minimum atomic E-state index is 0.575. The number of nitrogens with zero attached hydrogens (tertiary/aromatic N) is 3. The van der Waals surface area contributed by atoms with Crippen LogP contribution in [-0.2, 0) is 0 Å². The first-order valence-corrected chi connectivity index (χ1v) is 7.37. The predicted octanol–water partition coefficient (Wildman–Crippen LogP) is 4.12. The van der Waals surface area contributed by atoms with Crippen LogP contribution in [-0.4, -0.2) is 18.0 Å². The average molecular weight is 325 g/mol. The Bertz CT molecular complexity index is 676. The summed E-state index contributed by atoms with van der Waals surface area (Å²) >= 11 is 13.6. The van der Waals surface area contributed by atoms with Gasteiger partial charge in [0.05, 0.1) is 15.6 Å². The molecule has 1 aromatic heterocycles. The van der Waals surface area contributed by atoms with Crippen LogP contribution >= 0.6 is 35.1 Å². The summed E-state index contributed by atoms with van der Waals surface area (Å²) < 4.78 is 3.18. The Balaban J connectivity index is 1.98. The summed E-state index contributed by atoms with van der Waals surface area (Å²) in [7, 11) is 1.93. The fraction of sp³-hybridized carbons (Fsp3) is 0.0769. The Morgan fingerprint density at radius 1 is 1.20 bits per heavy atom. The van der Waals surface area contributed by atoms with Crippen molar-refractivity contribution in [3.63, 3.8) is 0 Å². The second kappa shape index (κ2) is 5.52. The summed E-state index contributed by atoms with van der Waals surface area (Å²) in [5.74, 6) is 0.715. The number of benzene rings is 1. The van der Waals surface area contributed by atoms with Gasteiger partial charge in [-0.25, -0.2) is 4.99 Å². The molecule has 4 nitrogen and oxygen atoms in total. The highest BCUT2D eigenvalue weighted by molar-refractivity contribution is 7.98. The fourth-order valence-electron chi connectivity index (χ4n) is 1.80. The van der Waals surface area contributed by atoms with Crippen molar-refractivity contribution in [2.45, 2.75) is 4.90 Å². The molecular weight excluding hydrogens is 315 g/mol. The van der Waals surface area contributed by atoms with Crippen LogP contribution in [0, 0.1) is 0 Å². The molecule has 0 bridgehead atoms. The van der Waals surface area contributed by atoms with Crippen molar-refractivity contribution in [1.82, 2.24) is 9.71 Å². The standard InChI is InChI=1S/C13H10Cl2N4S/c1-19(9-2-4-16-5-3-9)13-17-11-7-8(14)6-10(15)12(11)20-18-13/h2-7H,1H3,(H,17,18). The first-order chi connectivity index (χ1) is 9.65. The van der Waals surface area contributed by atoms with E-state index in [0.717, 1.165) is 16.3 Å². The van der Waals surface area contributed by atoms with Crippen molar-refractivity contribution >= 4 is 52.5 Å². The van der Waals surface area contributed by atoms with Gasteiger partial charge in [-0.3, -0.25) is 9.71 Å². The van der Waals surface area contributed by atoms with Crippen LogP contribution in [0.5, 0.6) is 0 Å². The third kappa shape index (κ3) is 2.57. The highest BCUT2D eigenvalue weighted by Crippen LogP contribution is 2.40. The molecule has 7 heteroatoms. The summed E-state index contributed by atoms with van der Waals surface area (Å²) in [6.07, 6.45) is 3.48. The lowest BCUT2D eigenvalue weighted by molar-refractivity contribution is 1.15. The van der Waals surface area contributed by atoms with Crippen molar-refractivity contribution < 1.29 is 0 Å². The summed E-state index contributed by atoms with van der Waals surface area (Å²) in [5, 5.41) is 1.17. The van der Waals surface area contributed by atoms with Crippen molar-refractivity contribution in [1.29, 1.82) is 0 Å². The van der Waals surface area contributed by atoms with Gasteiger partial charge in [-0.05, 0) is 36.2 Å². The lowest BCUT2D eigenvalue weighted by Gasteiger charge is -2.25. The van der Waals surface area contributed by atoms with E-state index in [4.69, 9.17) is 23.2 Å². The SMILES string of the molecule is CN(C1=Nc2cc(Cl)cc(Cl)c2SN1)c1ccncc1. The molecule has 0 unspecified atom stereocenters. The summed E-state index contributed by atoms with van der Waals surface area (Å²) in [4.78, 5) is 11.4. The van der Waals surface area contributed by atoms with Crippen LogP contribution in [0.1, 0.15) is 0 Å². The van der Waals surface area contributed by atoms with Crippen LogP contribution in [0.4, 0.5) is 11.4 Å². The van der Waals surface area contributed by atoms with Crippen LogP contribution in [0.2, 0.25) is 10.0 Å². The molecule has 0 radical (unpaired) electrons. The Morgan fingerprint density at radius 2 is 1.95 bits per heavy atom. The normalized spacial score (nSPS) is 13.2. The van der Waals surface area contributed by atoms with Crippen molar-refractivity contribution in [3.8, 4) is 0 Å². The Morgan fingerprint density at radius 3 is 2.70 bits per heavy atom. The van der Waals surface area contributed by atoms with Gasteiger partial charge in [-0.1, -0.05) is 23.2 Å². The molecule has 3 rings (SSSR count). The number of guanidine groups is 1. The highest BCUT2D eigenvalue weighted by Gasteiger charge is 2.19. The maximum Gasteiger partial charge on any atom is 0.213 e. The van der Waals surface area contributed by atoms with Crippen LogP contribution in [0.3, 0.4) is 0 Å². The molecule has 20 heavy (non-hydrogen) atoms. The third-order valence-electron chi connectivity index (χ3n) is 2.83. The summed E-state index contributed by atoms with van der Waals surface area (Å²) in [5.41, 5.74) is 1.76. The van der Waals surface area contributed by atoms with Gasteiger partial charge >= 0.3 is 0 Å². The molecule has 0 amide bonds. The maximum absolute atomic E-state index is 6.16. The lowest BCUT2D eigenvalue weighted by atomic mass is 10.3. The maximum atomic E-state index is 6.16. The second-order valence-electron chi connectivity index (χ2n) is 4.14. The molecule has 0 fully saturated rings. The van der Waals surface area contributed by atoms with Gasteiger partial charge in [0.1, 0.15) is 0 Å². The van der Waals surface area contributed by atoms with Crippen LogP contribution in [0.25, 0.3) is 0 Å². The first kappa shape index (κ1) is 13.5. The number of aromatic nitrogens is 1. The number of pyridine rings is 1. The monoisotopic (exact) mass is 324 g/mol. The fourth-order valence-corrected chi connectivity index (χ4v) is 3.14. The molecular formula is C13H10Cl2N4S. The zero-order valence-electron chi connectivity index (χ0n) is 10.5. The molecule has 2 aromatic rings. The van der Waals surface area contributed by atoms with Crippen molar-refractivity contribution in [2.24, 2.45) is 4.99 Å². The largest absolute Gasteiger partial charge is 0.315 e. The molecule has 0 saturated carbocycles. The highest BCUT2D eigenvalue weighted by atomic mass is 35.5. The second-order valence-corrected chi connectivity index (χ2v) is 5.80. The molecule has 0 atom stereocenters. The topological polar surface area (TPSA) is 40.5 Å². The Labute approximate surface area is 131 Å². The number of rotatable bonds is 1. The molecule has 1 aliphatic heterocycles. The Kier molecular flexibility index (Phi) is 3.74. The van der Waals surface area contributed by atoms with E-state index in [1.807, 2.05) is 24.1 Å². The quantitative estimate of drug-likeness (QED) is 0.801. The average Bonchev–Trinajstić information content (AvgIpc) is 2.46. The van der Waals surface area contributed by atoms with Gasteiger partial charge in [0.25, 0.3) is 0 Å². The number of halogens is 2. The van der Waals surface area contributed by atoms with Crippen molar-refractivity contribution in [2.75, 3.05) is 11.9 Å². The molecule has 0 spiro atoms. The van der Waals surface area contributed by atoms with Gasteiger partial charge in [0.15, 0.2) is 0 Å². The van der Waals surface area contributed by atoms with Crippen molar-refractivity contribution in [3.05, 3.63) is 46.7 Å². The Hall–Kier alpha value is -1.43. The first-order valence-electron chi connectivity index (χ1n) is 5.79. The van der Waals surface area contributed by atoms with Crippen LogP contribution in [0.15, 0.2) is 46.5 Å². The number of nitrogens with one attached hydrogen (secondary N) is 1. The van der Waals surface area contributed by atoms with E-state index in [1.54, 1.807) is 24.5 Å². The molecule has 1 aromatic carbocycles. The number of hydrogen-bond acceptors (Lipinski definition) is 5. The lowest BCUT2D eigenvalue weighted by Crippen LogP contribution is -2.36. The number of fused-ring (bicyclic) bond motifs is 1. The molecule has 0 saturated heterocycles. The molecule has 0 aliphatic carbocycles. The van der Waals surface area contributed by atoms with Gasteiger partial charge in [0.2, 0.25) is 5.96 Å². The molecule has 2 heterocycles. The van der Waals surface area contributed by atoms with E-state index >= 15 is 0 Å². The minimum Gasteiger partial charge on any atom is -0.315 e. The van der Waals surface area contributed by atoms with E-state index in [1.165, 1.54) is 11.9 Å². The van der Waals surface area contributed by atoms with E-state index in [0.29, 0.717) is 16.0 Å². The number of anilines is 1. The van der Waals surface area contributed by atoms with Gasteiger partial charge in [-0.2, -0.15) is 0 Å². The van der Waals surface area contributed by atoms with Gasteiger partial charge in [-0.15, -0.1) is 0 Å². The van der Waals surface area contributed by atoms with E-state index < -0.39 is 0 Å². The molecule has 1 aliphatic rings. The zero-order valence-corrected chi connectivity index (χ0v) is 12.8. The van der Waals surface area contributed by atoms with E-state index in [-0.39, 0.29) is 0 Å². The van der Waals surface area contributed by atoms with Crippen LogP contribution < -0.4 is 9.62 Å². The van der Waals surface area contributed by atoms with Gasteiger partial charge < -0.3 is 4.90 Å². The predicted molar refractivity (Wildman–Crippen MR) is 85.2 cm³/mol. The third-order valence-corrected chi connectivity index (χ3v) is 4.37. The summed E-state index contributed by atoms with van der Waals surface area (Å²) in [6.45, 7) is 0.